The molecule has 1 saturated heterocycles. The van der Waals surface area contributed by atoms with Gasteiger partial charge in [0.1, 0.15) is 5.76 Å². The number of carbonyl (C=O) groups excluding carboxylic acids is 2. The van der Waals surface area contributed by atoms with Gasteiger partial charge in [-0.25, -0.2) is 18.2 Å². The molecule has 1 aliphatic rings. The fourth-order valence-electron chi connectivity index (χ4n) is 2.79. The highest BCUT2D eigenvalue weighted by Crippen LogP contribution is 2.22. The van der Waals surface area contributed by atoms with Crippen molar-refractivity contribution in [1.82, 2.24) is 10.3 Å². The molecule has 8 nitrogen and oxygen atoms in total. The Morgan fingerprint density at radius 2 is 2.00 bits per heavy atom. The van der Waals surface area contributed by atoms with Crippen molar-refractivity contribution >= 4 is 21.7 Å². The molecule has 0 bridgehead atoms. The summed E-state index contributed by atoms with van der Waals surface area (Å²) in [7, 11) is -3.11. The van der Waals surface area contributed by atoms with Gasteiger partial charge in [-0.1, -0.05) is 18.2 Å². The number of amides is 1. The number of nitrogens with zero attached hydrogens (tertiary/aromatic N) is 1. The lowest BCUT2D eigenvalue weighted by Gasteiger charge is -2.16. The van der Waals surface area contributed by atoms with Crippen LogP contribution in [0.5, 0.6) is 0 Å². The Balaban J connectivity index is 1.63. The molecule has 2 atom stereocenters. The normalized spacial score (nSPS) is 19.4. The largest absolute Gasteiger partial charge is 0.448 e. The van der Waals surface area contributed by atoms with E-state index in [0.717, 1.165) is 0 Å². The minimum absolute atomic E-state index is 0.00283. The summed E-state index contributed by atoms with van der Waals surface area (Å²) >= 11 is 0. The van der Waals surface area contributed by atoms with Crippen LogP contribution in [0.1, 0.15) is 29.6 Å². The number of hydrogen-bond donors (Lipinski definition) is 1. The highest BCUT2D eigenvalue weighted by atomic mass is 32.2. The lowest BCUT2D eigenvalue weighted by Crippen LogP contribution is -2.42. The third-order valence-corrected chi connectivity index (χ3v) is 6.01. The summed E-state index contributed by atoms with van der Waals surface area (Å²) in [5, 5.41) is 2.60. The fourth-order valence-corrected chi connectivity index (χ4v) is 4.46. The number of carbonyl (C=O) groups is 2. The average molecular weight is 392 g/mol. The maximum atomic E-state index is 12.3. The smallest absolute Gasteiger partial charge is 0.361 e. The Labute approximate surface area is 156 Å². The van der Waals surface area contributed by atoms with Gasteiger partial charge < -0.3 is 14.5 Å². The van der Waals surface area contributed by atoms with Crippen LogP contribution in [-0.2, 0) is 19.4 Å². The predicted molar refractivity (Wildman–Crippen MR) is 96.8 cm³/mol. The Morgan fingerprint density at radius 3 is 2.63 bits per heavy atom. The van der Waals surface area contributed by atoms with E-state index >= 15 is 0 Å². The topological polar surface area (TPSA) is 116 Å². The first kappa shape index (κ1) is 19.1. The van der Waals surface area contributed by atoms with E-state index in [1.807, 2.05) is 18.2 Å². The number of ether oxygens (including phenoxy) is 1. The molecule has 27 heavy (non-hydrogen) atoms. The number of hydrogen-bond acceptors (Lipinski definition) is 7. The number of benzene rings is 1. The van der Waals surface area contributed by atoms with E-state index in [0.29, 0.717) is 12.0 Å². The predicted octanol–water partition coefficient (Wildman–Crippen LogP) is 1.50. The summed E-state index contributed by atoms with van der Waals surface area (Å²) in [4.78, 5) is 28.7. The molecule has 2 heterocycles. The van der Waals surface area contributed by atoms with Crippen LogP contribution < -0.4 is 5.32 Å². The van der Waals surface area contributed by atoms with Crippen LogP contribution in [0.25, 0.3) is 11.5 Å². The Morgan fingerprint density at radius 1 is 1.30 bits per heavy atom. The molecule has 0 saturated carbocycles. The molecule has 0 aliphatic carbocycles. The number of sulfone groups is 1. The van der Waals surface area contributed by atoms with E-state index < -0.39 is 33.9 Å². The SMILES string of the molecule is Cc1oc(-c2ccccc2)nc1C(=O)O[C@@H](C)C(=O)N[C@@H]1CCS(=O)(=O)C1. The summed E-state index contributed by atoms with van der Waals surface area (Å²) in [6, 6.07) is 8.63. The number of aryl methyl sites for hydroxylation is 1. The lowest BCUT2D eigenvalue weighted by atomic mass is 10.2. The molecule has 9 heteroatoms. The van der Waals surface area contributed by atoms with Crippen molar-refractivity contribution in [2.75, 3.05) is 11.5 Å². The molecule has 144 valence electrons. The summed E-state index contributed by atoms with van der Waals surface area (Å²) in [5.74, 6) is -0.800. The van der Waals surface area contributed by atoms with Crippen molar-refractivity contribution in [3.63, 3.8) is 0 Å². The summed E-state index contributed by atoms with van der Waals surface area (Å²) in [6.07, 6.45) is -0.727. The standard InChI is InChI=1S/C18H20N2O6S/c1-11-15(20-17(25-11)13-6-4-3-5-7-13)18(22)26-12(2)16(21)19-14-8-9-27(23,24)10-14/h3-7,12,14H,8-10H2,1-2H3,(H,19,21)/t12-,14+/m0/s1. The van der Waals surface area contributed by atoms with Gasteiger partial charge in [0.05, 0.1) is 11.5 Å². The number of oxazole rings is 1. The molecule has 3 rings (SSSR count). The van der Waals surface area contributed by atoms with Crippen molar-refractivity contribution in [3.05, 3.63) is 41.8 Å². The van der Waals surface area contributed by atoms with Gasteiger partial charge in [0.25, 0.3) is 5.91 Å². The third kappa shape index (κ3) is 4.54. The molecule has 0 spiro atoms. The molecule has 1 amide bonds. The van der Waals surface area contributed by atoms with Crippen LogP contribution in [0, 0.1) is 6.92 Å². The van der Waals surface area contributed by atoms with Crippen LogP contribution in [0.3, 0.4) is 0 Å². The maximum absolute atomic E-state index is 12.3. The van der Waals surface area contributed by atoms with Crippen molar-refractivity contribution in [2.45, 2.75) is 32.4 Å². The van der Waals surface area contributed by atoms with Gasteiger partial charge in [0, 0.05) is 11.6 Å². The quantitative estimate of drug-likeness (QED) is 0.767. The fraction of sp³-hybridized carbons (Fsp3) is 0.389. The van der Waals surface area contributed by atoms with Gasteiger partial charge >= 0.3 is 5.97 Å². The lowest BCUT2D eigenvalue weighted by molar-refractivity contribution is -0.129. The van der Waals surface area contributed by atoms with Gasteiger partial charge in [-0.2, -0.15) is 0 Å². The minimum Gasteiger partial charge on any atom is -0.448 e. The second-order valence-corrected chi connectivity index (χ2v) is 8.67. The van der Waals surface area contributed by atoms with Crippen LogP contribution in [-0.4, -0.2) is 48.9 Å². The zero-order valence-corrected chi connectivity index (χ0v) is 15.8. The summed E-state index contributed by atoms with van der Waals surface area (Å²) in [6.45, 7) is 3.01. The van der Waals surface area contributed by atoms with Gasteiger partial charge in [0.2, 0.25) is 5.89 Å². The molecule has 1 aromatic carbocycles. The van der Waals surface area contributed by atoms with Crippen molar-refractivity contribution in [3.8, 4) is 11.5 Å². The molecule has 1 fully saturated rings. The first-order valence-corrected chi connectivity index (χ1v) is 10.3. The van der Waals surface area contributed by atoms with Crippen LogP contribution in [0.4, 0.5) is 0 Å². The van der Waals surface area contributed by atoms with E-state index in [1.54, 1.807) is 19.1 Å². The molecule has 2 aromatic rings. The Hall–Kier alpha value is -2.68. The summed E-state index contributed by atoms with van der Waals surface area (Å²) < 4.78 is 33.6. The number of rotatable bonds is 5. The molecule has 0 unspecified atom stereocenters. The van der Waals surface area contributed by atoms with E-state index in [2.05, 4.69) is 10.3 Å². The molecular weight excluding hydrogens is 372 g/mol. The zero-order valence-electron chi connectivity index (χ0n) is 15.0. The third-order valence-electron chi connectivity index (χ3n) is 4.24. The van der Waals surface area contributed by atoms with Gasteiger partial charge in [0.15, 0.2) is 21.6 Å². The monoisotopic (exact) mass is 392 g/mol. The van der Waals surface area contributed by atoms with Crippen LogP contribution in [0.15, 0.2) is 34.7 Å². The maximum Gasteiger partial charge on any atom is 0.361 e. The van der Waals surface area contributed by atoms with Crippen LogP contribution in [0.2, 0.25) is 0 Å². The molecular formula is C18H20N2O6S. The number of aromatic nitrogens is 1. The van der Waals surface area contributed by atoms with E-state index in [9.17, 15) is 18.0 Å². The molecule has 1 aromatic heterocycles. The number of nitrogens with one attached hydrogen (secondary N) is 1. The van der Waals surface area contributed by atoms with E-state index in [-0.39, 0.29) is 28.9 Å². The summed E-state index contributed by atoms with van der Waals surface area (Å²) in [5.41, 5.74) is 0.713. The highest BCUT2D eigenvalue weighted by molar-refractivity contribution is 7.91. The van der Waals surface area contributed by atoms with Crippen LogP contribution >= 0.6 is 0 Å². The Bertz CT molecular complexity index is 951. The van der Waals surface area contributed by atoms with Gasteiger partial charge in [-0.05, 0) is 32.4 Å². The molecule has 1 aliphatic heterocycles. The first-order valence-electron chi connectivity index (χ1n) is 8.50. The highest BCUT2D eigenvalue weighted by Gasteiger charge is 2.31. The van der Waals surface area contributed by atoms with E-state index in [4.69, 9.17) is 9.15 Å². The average Bonchev–Trinajstić information content (AvgIpc) is 3.17. The Kier molecular flexibility index (Phi) is 5.31. The zero-order chi connectivity index (χ0) is 19.6. The molecule has 1 N–H and O–H groups in total. The number of esters is 1. The van der Waals surface area contributed by atoms with E-state index in [1.165, 1.54) is 6.92 Å². The second kappa shape index (κ2) is 7.51. The second-order valence-electron chi connectivity index (χ2n) is 6.45. The van der Waals surface area contributed by atoms with Gasteiger partial charge in [-0.15, -0.1) is 0 Å². The van der Waals surface area contributed by atoms with Crippen molar-refractivity contribution in [1.29, 1.82) is 0 Å². The first-order chi connectivity index (χ1) is 12.7. The van der Waals surface area contributed by atoms with Crippen molar-refractivity contribution in [2.24, 2.45) is 0 Å². The van der Waals surface area contributed by atoms with Crippen molar-refractivity contribution < 1.29 is 27.2 Å². The minimum atomic E-state index is -3.11. The molecule has 0 radical (unpaired) electrons. The van der Waals surface area contributed by atoms with Gasteiger partial charge in [-0.3, -0.25) is 4.79 Å².